The van der Waals surface area contributed by atoms with Crippen molar-refractivity contribution in [3.05, 3.63) is 34.9 Å². The Bertz CT molecular complexity index is 503. The number of nitrogens with one attached hydrogen (secondary N) is 1. The molecule has 0 bridgehead atoms. The van der Waals surface area contributed by atoms with Crippen LogP contribution < -0.4 is 5.32 Å². The Hall–Kier alpha value is -1.07. The normalized spacial score (nSPS) is 23.0. The minimum Gasteiger partial charge on any atom is -0.315 e. The fraction of sp³-hybridized carbons (Fsp3) is 0.647. The minimum absolute atomic E-state index is 0.0432. The van der Waals surface area contributed by atoms with Gasteiger partial charge < -0.3 is 10.2 Å². The van der Waals surface area contributed by atoms with Gasteiger partial charge in [0.1, 0.15) is 0 Å². The molecule has 5 heteroatoms. The number of nitrogens with zero attached hydrogens (tertiary/aromatic N) is 1. The number of halogens is 3. The average molecular weight is 314 g/mol. The van der Waals surface area contributed by atoms with Gasteiger partial charge in [0.2, 0.25) is 0 Å². The Morgan fingerprint density at radius 3 is 2.55 bits per heavy atom. The molecule has 0 aliphatic carbocycles. The zero-order valence-electron chi connectivity index (χ0n) is 13.6. The van der Waals surface area contributed by atoms with Crippen molar-refractivity contribution >= 4 is 0 Å². The molecule has 0 radical (unpaired) electrons. The van der Waals surface area contributed by atoms with Crippen LogP contribution in [0.3, 0.4) is 0 Å². The minimum atomic E-state index is -4.27. The largest absolute Gasteiger partial charge is 0.416 e. The second kappa shape index (κ2) is 6.59. The number of benzene rings is 1. The van der Waals surface area contributed by atoms with Crippen LogP contribution in [0.15, 0.2) is 18.2 Å². The Balaban J connectivity index is 2.13. The Kier molecular flexibility index (Phi) is 5.17. The second-order valence-corrected chi connectivity index (χ2v) is 6.55. The first-order valence-corrected chi connectivity index (χ1v) is 7.79. The van der Waals surface area contributed by atoms with Gasteiger partial charge in [-0.1, -0.05) is 12.1 Å². The van der Waals surface area contributed by atoms with E-state index in [0.29, 0.717) is 6.42 Å². The Morgan fingerprint density at radius 1 is 1.27 bits per heavy atom. The predicted molar refractivity (Wildman–Crippen MR) is 83.0 cm³/mol. The first-order valence-electron chi connectivity index (χ1n) is 7.79. The first kappa shape index (κ1) is 17.3. The SMILES string of the molecule is Cc1ccc(CCC2(N(C)C)CCCNC2)cc1C(F)(F)F. The summed E-state index contributed by atoms with van der Waals surface area (Å²) in [6.45, 7) is 3.44. The monoisotopic (exact) mass is 314 g/mol. The highest BCUT2D eigenvalue weighted by molar-refractivity contribution is 5.33. The fourth-order valence-electron chi connectivity index (χ4n) is 3.28. The van der Waals surface area contributed by atoms with E-state index in [1.807, 2.05) is 6.07 Å². The lowest BCUT2D eigenvalue weighted by Crippen LogP contribution is -2.55. The quantitative estimate of drug-likeness (QED) is 0.913. The Morgan fingerprint density at radius 2 is 2.00 bits per heavy atom. The lowest BCUT2D eigenvalue weighted by atomic mass is 9.83. The third-order valence-electron chi connectivity index (χ3n) is 4.88. The molecule has 1 fully saturated rings. The molecular formula is C17H25F3N2. The molecule has 2 rings (SSSR count). The topological polar surface area (TPSA) is 15.3 Å². The van der Waals surface area contributed by atoms with Gasteiger partial charge in [0.15, 0.2) is 0 Å². The van der Waals surface area contributed by atoms with Crippen LogP contribution in [0.2, 0.25) is 0 Å². The molecular weight excluding hydrogens is 289 g/mol. The van der Waals surface area contributed by atoms with Gasteiger partial charge in [-0.3, -0.25) is 0 Å². The number of likely N-dealkylation sites (N-methyl/N-ethyl adjacent to an activating group) is 1. The van der Waals surface area contributed by atoms with Crippen LogP contribution in [-0.2, 0) is 12.6 Å². The third-order valence-corrected chi connectivity index (χ3v) is 4.88. The molecule has 0 aromatic heterocycles. The summed E-state index contributed by atoms with van der Waals surface area (Å²) >= 11 is 0. The highest BCUT2D eigenvalue weighted by atomic mass is 19.4. The van der Waals surface area contributed by atoms with Crippen molar-refractivity contribution in [3.8, 4) is 0 Å². The second-order valence-electron chi connectivity index (χ2n) is 6.55. The molecule has 1 aromatic rings. The van der Waals surface area contributed by atoms with Crippen LogP contribution in [0, 0.1) is 6.92 Å². The van der Waals surface area contributed by atoms with Crippen molar-refractivity contribution in [2.24, 2.45) is 0 Å². The van der Waals surface area contributed by atoms with Crippen molar-refractivity contribution in [2.75, 3.05) is 27.2 Å². The average Bonchev–Trinajstić information content (AvgIpc) is 2.46. The zero-order valence-corrected chi connectivity index (χ0v) is 13.6. The van der Waals surface area contributed by atoms with Crippen LogP contribution in [0.5, 0.6) is 0 Å². The van der Waals surface area contributed by atoms with E-state index in [-0.39, 0.29) is 11.1 Å². The van der Waals surface area contributed by atoms with E-state index in [0.717, 1.165) is 37.9 Å². The van der Waals surface area contributed by atoms with Crippen molar-refractivity contribution in [2.45, 2.75) is 44.3 Å². The van der Waals surface area contributed by atoms with Crippen LogP contribution in [-0.4, -0.2) is 37.6 Å². The number of hydrogen-bond donors (Lipinski definition) is 1. The highest BCUT2D eigenvalue weighted by Gasteiger charge is 2.35. The molecule has 2 nitrogen and oxygen atoms in total. The van der Waals surface area contributed by atoms with Gasteiger partial charge in [-0.25, -0.2) is 0 Å². The van der Waals surface area contributed by atoms with Gasteiger partial charge in [0, 0.05) is 12.1 Å². The zero-order chi connectivity index (χ0) is 16.4. The number of hydrogen-bond acceptors (Lipinski definition) is 2. The van der Waals surface area contributed by atoms with Crippen molar-refractivity contribution in [3.63, 3.8) is 0 Å². The van der Waals surface area contributed by atoms with Crippen molar-refractivity contribution < 1.29 is 13.2 Å². The summed E-state index contributed by atoms with van der Waals surface area (Å²) in [5.41, 5.74) is 0.593. The van der Waals surface area contributed by atoms with Crippen LogP contribution in [0.25, 0.3) is 0 Å². The molecule has 22 heavy (non-hydrogen) atoms. The number of rotatable bonds is 4. The standard InChI is InChI=1S/C17H25F3N2/c1-13-5-6-14(11-15(13)17(18,19)20)7-9-16(22(2)3)8-4-10-21-12-16/h5-6,11,21H,4,7-10,12H2,1-3H3. The summed E-state index contributed by atoms with van der Waals surface area (Å²) in [4.78, 5) is 2.22. The molecule has 0 amide bonds. The molecule has 1 aliphatic heterocycles. The molecule has 1 aliphatic rings. The molecule has 1 saturated heterocycles. The third kappa shape index (κ3) is 3.82. The van der Waals surface area contributed by atoms with Gasteiger partial charge in [0.25, 0.3) is 0 Å². The first-order chi connectivity index (χ1) is 10.2. The van der Waals surface area contributed by atoms with E-state index in [4.69, 9.17) is 0 Å². The summed E-state index contributed by atoms with van der Waals surface area (Å²) in [7, 11) is 4.12. The summed E-state index contributed by atoms with van der Waals surface area (Å²) in [6, 6.07) is 4.72. The molecule has 1 unspecified atom stereocenters. The van der Waals surface area contributed by atoms with Gasteiger partial charge in [-0.05, 0) is 70.4 Å². The highest BCUT2D eigenvalue weighted by Crippen LogP contribution is 2.33. The van der Waals surface area contributed by atoms with E-state index in [1.54, 1.807) is 6.07 Å². The predicted octanol–water partition coefficient (Wildman–Crippen LogP) is 3.63. The number of piperidine rings is 1. The van der Waals surface area contributed by atoms with E-state index in [1.165, 1.54) is 13.0 Å². The molecule has 1 heterocycles. The van der Waals surface area contributed by atoms with Gasteiger partial charge in [-0.2, -0.15) is 13.2 Å². The maximum Gasteiger partial charge on any atom is 0.416 e. The molecule has 1 aromatic carbocycles. The summed E-state index contributed by atoms with van der Waals surface area (Å²) in [5.74, 6) is 0. The summed E-state index contributed by atoms with van der Waals surface area (Å²) in [5, 5.41) is 3.42. The van der Waals surface area contributed by atoms with Gasteiger partial charge in [0.05, 0.1) is 5.56 Å². The van der Waals surface area contributed by atoms with Crippen molar-refractivity contribution in [1.82, 2.24) is 10.2 Å². The van der Waals surface area contributed by atoms with E-state index < -0.39 is 11.7 Å². The van der Waals surface area contributed by atoms with E-state index >= 15 is 0 Å². The molecule has 1 N–H and O–H groups in total. The van der Waals surface area contributed by atoms with Crippen LogP contribution in [0.1, 0.15) is 36.0 Å². The summed E-state index contributed by atoms with van der Waals surface area (Å²) in [6.07, 6.45) is -0.535. The van der Waals surface area contributed by atoms with Crippen LogP contribution >= 0.6 is 0 Å². The molecule has 0 spiro atoms. The molecule has 0 saturated carbocycles. The maximum absolute atomic E-state index is 13.0. The van der Waals surface area contributed by atoms with Crippen LogP contribution in [0.4, 0.5) is 13.2 Å². The lowest BCUT2D eigenvalue weighted by molar-refractivity contribution is -0.138. The number of alkyl halides is 3. The van der Waals surface area contributed by atoms with Crippen molar-refractivity contribution in [1.29, 1.82) is 0 Å². The number of aryl methyl sites for hydroxylation is 2. The molecule has 124 valence electrons. The lowest BCUT2D eigenvalue weighted by Gasteiger charge is -2.43. The molecule has 1 atom stereocenters. The maximum atomic E-state index is 13.0. The van der Waals surface area contributed by atoms with E-state index in [2.05, 4.69) is 24.3 Å². The fourth-order valence-corrected chi connectivity index (χ4v) is 3.28. The van der Waals surface area contributed by atoms with E-state index in [9.17, 15) is 13.2 Å². The Labute approximate surface area is 130 Å². The van der Waals surface area contributed by atoms with Gasteiger partial charge >= 0.3 is 6.18 Å². The summed E-state index contributed by atoms with van der Waals surface area (Å²) < 4.78 is 39.0. The smallest absolute Gasteiger partial charge is 0.315 e. The van der Waals surface area contributed by atoms with Gasteiger partial charge in [-0.15, -0.1) is 0 Å².